The van der Waals surface area contributed by atoms with Gasteiger partial charge in [-0.05, 0) is 61.7 Å². The zero-order chi connectivity index (χ0) is 22.8. The van der Waals surface area contributed by atoms with Gasteiger partial charge in [0.05, 0.1) is 6.54 Å². The lowest BCUT2D eigenvalue weighted by Crippen LogP contribution is -2.48. The van der Waals surface area contributed by atoms with Crippen molar-refractivity contribution in [2.45, 2.75) is 38.5 Å². The fraction of sp³-hybridized carbons (Fsp3) is 0.458. The molecule has 0 bridgehead atoms. The standard InChI is InChI=1S/C24H32F2N4O2/c1-2-27-24(28-15-22(31)17-32-23-9-7-20(26)8-10-23)29-21-11-13-30(14-12-21)16-18-3-5-19(25)6-4-18/h3-10,21-22,31H,2,11-17H2,1H3,(H2,27,28,29). The van der Waals surface area contributed by atoms with E-state index in [9.17, 15) is 13.9 Å². The fourth-order valence-corrected chi connectivity index (χ4v) is 3.57. The normalized spacial score (nSPS) is 16.6. The fourth-order valence-electron chi connectivity index (χ4n) is 3.57. The van der Waals surface area contributed by atoms with E-state index < -0.39 is 6.10 Å². The molecule has 3 N–H and O–H groups in total. The molecule has 0 saturated carbocycles. The summed E-state index contributed by atoms with van der Waals surface area (Å²) in [5.74, 6) is 0.640. The number of hydrogen-bond donors (Lipinski definition) is 3. The first-order chi connectivity index (χ1) is 15.5. The molecule has 1 fully saturated rings. The molecule has 1 heterocycles. The summed E-state index contributed by atoms with van der Waals surface area (Å²) in [6, 6.07) is 12.7. The van der Waals surface area contributed by atoms with Crippen LogP contribution in [-0.4, -0.2) is 60.9 Å². The molecule has 0 radical (unpaired) electrons. The topological polar surface area (TPSA) is 69.1 Å². The summed E-state index contributed by atoms with van der Waals surface area (Å²) in [6.45, 7) is 5.71. The number of hydrogen-bond acceptors (Lipinski definition) is 4. The molecule has 0 spiro atoms. The van der Waals surface area contributed by atoms with Gasteiger partial charge in [0.15, 0.2) is 5.96 Å². The maximum Gasteiger partial charge on any atom is 0.191 e. The summed E-state index contributed by atoms with van der Waals surface area (Å²) in [4.78, 5) is 6.85. The monoisotopic (exact) mass is 446 g/mol. The maximum atomic E-state index is 13.1. The number of nitrogens with zero attached hydrogens (tertiary/aromatic N) is 2. The van der Waals surface area contributed by atoms with Gasteiger partial charge in [-0.3, -0.25) is 9.89 Å². The molecule has 6 nitrogen and oxygen atoms in total. The Morgan fingerprint density at radius 1 is 1.09 bits per heavy atom. The second-order valence-corrected chi connectivity index (χ2v) is 7.96. The van der Waals surface area contributed by atoms with Crippen molar-refractivity contribution in [3.8, 4) is 5.75 Å². The van der Waals surface area contributed by atoms with Crippen molar-refractivity contribution in [1.29, 1.82) is 0 Å². The van der Waals surface area contributed by atoms with E-state index in [1.54, 1.807) is 0 Å². The molecule has 0 amide bonds. The summed E-state index contributed by atoms with van der Waals surface area (Å²) < 4.78 is 31.5. The minimum absolute atomic E-state index is 0.0797. The summed E-state index contributed by atoms with van der Waals surface area (Å²) in [6.07, 6.45) is 1.18. The summed E-state index contributed by atoms with van der Waals surface area (Å²) >= 11 is 0. The molecule has 1 aliphatic heterocycles. The van der Waals surface area contributed by atoms with Crippen LogP contribution in [0.15, 0.2) is 53.5 Å². The first-order valence-corrected chi connectivity index (χ1v) is 11.1. The lowest BCUT2D eigenvalue weighted by Gasteiger charge is -2.33. The zero-order valence-electron chi connectivity index (χ0n) is 18.4. The largest absolute Gasteiger partial charge is 0.491 e. The predicted molar refractivity (Wildman–Crippen MR) is 122 cm³/mol. The molecule has 1 aliphatic rings. The van der Waals surface area contributed by atoms with Crippen LogP contribution in [0, 0.1) is 11.6 Å². The number of nitrogens with one attached hydrogen (secondary N) is 2. The number of aliphatic hydroxyl groups excluding tert-OH is 1. The highest BCUT2D eigenvalue weighted by Gasteiger charge is 2.20. The van der Waals surface area contributed by atoms with E-state index in [2.05, 4.69) is 20.5 Å². The molecule has 3 rings (SSSR count). The van der Waals surface area contributed by atoms with E-state index in [0.29, 0.717) is 17.8 Å². The van der Waals surface area contributed by atoms with Gasteiger partial charge in [0, 0.05) is 32.2 Å². The van der Waals surface area contributed by atoms with Crippen molar-refractivity contribution < 1.29 is 18.6 Å². The van der Waals surface area contributed by atoms with E-state index >= 15 is 0 Å². The second kappa shape index (κ2) is 12.4. The molecule has 174 valence electrons. The highest BCUT2D eigenvalue weighted by Crippen LogP contribution is 2.15. The number of aliphatic imine (C=N–C) groups is 1. The third-order valence-electron chi connectivity index (χ3n) is 5.31. The number of piperidine rings is 1. The number of halogens is 2. The summed E-state index contributed by atoms with van der Waals surface area (Å²) in [7, 11) is 0. The van der Waals surface area contributed by atoms with Crippen LogP contribution in [-0.2, 0) is 6.54 Å². The van der Waals surface area contributed by atoms with Crippen LogP contribution in [0.25, 0.3) is 0 Å². The van der Waals surface area contributed by atoms with Gasteiger partial charge in [-0.2, -0.15) is 0 Å². The molecule has 1 unspecified atom stereocenters. The van der Waals surface area contributed by atoms with E-state index in [1.165, 1.54) is 36.4 Å². The SMILES string of the molecule is CCNC(=NCC(O)COc1ccc(F)cc1)NC1CCN(Cc2ccc(F)cc2)CC1. The quantitative estimate of drug-likeness (QED) is 0.408. The van der Waals surface area contributed by atoms with Crippen LogP contribution in [0.3, 0.4) is 0 Å². The van der Waals surface area contributed by atoms with Crippen LogP contribution in [0.2, 0.25) is 0 Å². The molecule has 8 heteroatoms. The predicted octanol–water partition coefficient (Wildman–Crippen LogP) is 2.92. The number of guanidine groups is 1. The minimum Gasteiger partial charge on any atom is -0.491 e. The Hall–Kier alpha value is -2.71. The van der Waals surface area contributed by atoms with Gasteiger partial charge in [0.2, 0.25) is 0 Å². The van der Waals surface area contributed by atoms with Crippen molar-refractivity contribution in [3.05, 3.63) is 65.7 Å². The average molecular weight is 447 g/mol. The molecule has 32 heavy (non-hydrogen) atoms. The van der Waals surface area contributed by atoms with Crippen LogP contribution >= 0.6 is 0 Å². The molecule has 2 aromatic rings. The third-order valence-corrected chi connectivity index (χ3v) is 5.31. The average Bonchev–Trinajstić information content (AvgIpc) is 2.80. The Morgan fingerprint density at radius 2 is 1.72 bits per heavy atom. The van der Waals surface area contributed by atoms with Crippen LogP contribution in [0.4, 0.5) is 8.78 Å². The lowest BCUT2D eigenvalue weighted by molar-refractivity contribution is 0.114. The Morgan fingerprint density at radius 3 is 2.34 bits per heavy atom. The van der Waals surface area contributed by atoms with E-state index in [4.69, 9.17) is 4.74 Å². The molecular weight excluding hydrogens is 414 g/mol. The molecule has 0 aromatic heterocycles. The Balaban J connectivity index is 1.41. The van der Waals surface area contributed by atoms with Gasteiger partial charge in [-0.25, -0.2) is 8.78 Å². The van der Waals surface area contributed by atoms with Gasteiger partial charge >= 0.3 is 0 Å². The first kappa shape index (κ1) is 23.9. The Kier molecular flexibility index (Phi) is 9.25. The lowest BCUT2D eigenvalue weighted by atomic mass is 10.0. The highest BCUT2D eigenvalue weighted by atomic mass is 19.1. The molecule has 1 saturated heterocycles. The summed E-state index contributed by atoms with van der Waals surface area (Å²) in [5, 5.41) is 16.9. The number of benzene rings is 2. The van der Waals surface area contributed by atoms with E-state index in [-0.39, 0.29) is 24.8 Å². The Bertz CT molecular complexity index is 838. The number of likely N-dealkylation sites (tertiary alicyclic amines) is 1. The second-order valence-electron chi connectivity index (χ2n) is 7.96. The van der Waals surface area contributed by atoms with Crippen LogP contribution in [0.5, 0.6) is 5.75 Å². The van der Waals surface area contributed by atoms with Crippen molar-refractivity contribution in [1.82, 2.24) is 15.5 Å². The smallest absolute Gasteiger partial charge is 0.191 e. The molecule has 1 atom stereocenters. The summed E-state index contributed by atoms with van der Waals surface area (Å²) in [5.41, 5.74) is 1.12. The highest BCUT2D eigenvalue weighted by molar-refractivity contribution is 5.80. The van der Waals surface area contributed by atoms with Crippen LogP contribution in [0.1, 0.15) is 25.3 Å². The van der Waals surface area contributed by atoms with Gasteiger partial charge in [-0.15, -0.1) is 0 Å². The number of rotatable bonds is 9. The number of ether oxygens (including phenoxy) is 1. The van der Waals surface area contributed by atoms with Gasteiger partial charge < -0.3 is 20.5 Å². The zero-order valence-corrected chi connectivity index (χ0v) is 18.4. The maximum absolute atomic E-state index is 13.1. The first-order valence-electron chi connectivity index (χ1n) is 11.1. The number of aliphatic hydroxyl groups is 1. The molecule has 0 aliphatic carbocycles. The molecule has 2 aromatic carbocycles. The Labute approximate surface area is 188 Å². The van der Waals surface area contributed by atoms with E-state index in [0.717, 1.165) is 44.6 Å². The molecular formula is C24H32F2N4O2. The van der Waals surface area contributed by atoms with E-state index in [1.807, 2.05) is 19.1 Å². The van der Waals surface area contributed by atoms with Crippen LogP contribution < -0.4 is 15.4 Å². The minimum atomic E-state index is -0.770. The van der Waals surface area contributed by atoms with Crippen molar-refractivity contribution in [2.24, 2.45) is 4.99 Å². The van der Waals surface area contributed by atoms with Crippen molar-refractivity contribution >= 4 is 5.96 Å². The van der Waals surface area contributed by atoms with Gasteiger partial charge in [0.1, 0.15) is 30.1 Å². The third kappa shape index (κ3) is 8.09. The van der Waals surface area contributed by atoms with Crippen molar-refractivity contribution in [2.75, 3.05) is 32.8 Å². The van der Waals surface area contributed by atoms with Crippen molar-refractivity contribution in [3.63, 3.8) is 0 Å². The van der Waals surface area contributed by atoms with Gasteiger partial charge in [-0.1, -0.05) is 12.1 Å². The van der Waals surface area contributed by atoms with Gasteiger partial charge in [0.25, 0.3) is 0 Å².